The van der Waals surface area contributed by atoms with Crippen LogP contribution in [-0.4, -0.2) is 58.9 Å². The number of carbonyl (C=O) groups excluding carboxylic acids is 1. The van der Waals surface area contributed by atoms with Crippen molar-refractivity contribution in [3.63, 3.8) is 0 Å². The van der Waals surface area contributed by atoms with Crippen molar-refractivity contribution in [3.05, 3.63) is 48.2 Å². The van der Waals surface area contributed by atoms with Gasteiger partial charge in [-0.3, -0.25) is 9.89 Å². The Morgan fingerprint density at radius 3 is 2.75 bits per heavy atom. The Morgan fingerprint density at radius 2 is 1.97 bits per heavy atom. The summed E-state index contributed by atoms with van der Waals surface area (Å²) in [6.45, 7) is 4.89. The van der Waals surface area contributed by atoms with Crippen molar-refractivity contribution in [1.29, 1.82) is 0 Å². The second kappa shape index (κ2) is 8.67. The molecule has 32 heavy (non-hydrogen) atoms. The Morgan fingerprint density at radius 1 is 1.16 bits per heavy atom. The third-order valence-electron chi connectivity index (χ3n) is 5.13. The van der Waals surface area contributed by atoms with Crippen molar-refractivity contribution < 1.29 is 13.9 Å². The molecule has 4 aromatic rings. The van der Waals surface area contributed by atoms with Crippen molar-refractivity contribution in [2.45, 2.75) is 6.92 Å². The first-order valence-electron chi connectivity index (χ1n) is 10.5. The van der Waals surface area contributed by atoms with Crippen LogP contribution in [0.2, 0.25) is 0 Å². The highest BCUT2D eigenvalue weighted by Crippen LogP contribution is 2.30. The van der Waals surface area contributed by atoms with E-state index < -0.39 is 0 Å². The Hall–Kier alpha value is -3.92. The van der Waals surface area contributed by atoms with E-state index >= 15 is 0 Å². The van der Waals surface area contributed by atoms with Crippen LogP contribution in [0.15, 0.2) is 46.9 Å². The number of amides is 1. The molecule has 3 N–H and O–H groups in total. The van der Waals surface area contributed by atoms with Gasteiger partial charge in [-0.1, -0.05) is 30.3 Å². The lowest BCUT2D eigenvalue weighted by Gasteiger charge is -2.27. The van der Waals surface area contributed by atoms with Crippen molar-refractivity contribution in [2.24, 2.45) is 0 Å². The van der Waals surface area contributed by atoms with E-state index in [4.69, 9.17) is 9.15 Å². The predicted octanol–water partition coefficient (Wildman–Crippen LogP) is 2.94. The number of fused-ring (bicyclic) bond motifs is 1. The van der Waals surface area contributed by atoms with Crippen molar-refractivity contribution >= 4 is 34.6 Å². The van der Waals surface area contributed by atoms with Crippen LogP contribution in [-0.2, 0) is 4.74 Å². The summed E-state index contributed by atoms with van der Waals surface area (Å²) in [6.07, 6.45) is 0. The van der Waals surface area contributed by atoms with E-state index in [2.05, 4.69) is 35.7 Å². The summed E-state index contributed by atoms with van der Waals surface area (Å²) in [7, 11) is 0. The van der Waals surface area contributed by atoms with Gasteiger partial charge in [0.15, 0.2) is 23.0 Å². The average molecular weight is 433 g/mol. The van der Waals surface area contributed by atoms with Gasteiger partial charge in [-0.25, -0.2) is 4.98 Å². The van der Waals surface area contributed by atoms with E-state index in [1.165, 1.54) is 0 Å². The van der Waals surface area contributed by atoms with Crippen molar-refractivity contribution in [3.8, 4) is 11.3 Å². The number of benzene rings is 1. The number of aromatic nitrogens is 4. The fraction of sp³-hybridized carbons (Fsp3) is 0.273. The molecule has 0 bridgehead atoms. The molecular formula is C22H23N7O3. The van der Waals surface area contributed by atoms with E-state index in [0.717, 1.165) is 11.3 Å². The van der Waals surface area contributed by atoms with Gasteiger partial charge in [0, 0.05) is 31.8 Å². The van der Waals surface area contributed by atoms with Crippen LogP contribution in [0.4, 0.5) is 17.6 Å². The summed E-state index contributed by atoms with van der Waals surface area (Å²) < 4.78 is 11.3. The highest BCUT2D eigenvalue weighted by molar-refractivity contribution is 5.97. The third-order valence-corrected chi connectivity index (χ3v) is 5.13. The van der Waals surface area contributed by atoms with Crippen LogP contribution in [0.5, 0.6) is 0 Å². The number of aromatic amines is 1. The van der Waals surface area contributed by atoms with E-state index in [1.807, 2.05) is 43.3 Å². The summed E-state index contributed by atoms with van der Waals surface area (Å²) in [5.41, 5.74) is 2.93. The number of hydrogen-bond acceptors (Lipinski definition) is 8. The number of rotatable bonds is 6. The van der Waals surface area contributed by atoms with Gasteiger partial charge < -0.3 is 24.7 Å². The van der Waals surface area contributed by atoms with Crippen molar-refractivity contribution in [1.82, 2.24) is 25.5 Å². The Bertz CT molecular complexity index is 1230. The summed E-state index contributed by atoms with van der Waals surface area (Å²) >= 11 is 0. The molecule has 1 aliphatic rings. The molecule has 0 spiro atoms. The van der Waals surface area contributed by atoms with Crippen LogP contribution in [0.25, 0.3) is 22.4 Å². The van der Waals surface area contributed by atoms with Crippen LogP contribution in [0.3, 0.4) is 0 Å². The molecule has 164 valence electrons. The quantitative estimate of drug-likeness (QED) is 0.424. The molecular weight excluding hydrogens is 410 g/mol. The number of hydrogen-bond donors (Lipinski definition) is 3. The molecule has 10 nitrogen and oxygen atoms in total. The number of ether oxygens (including phenoxy) is 1. The number of nitrogens with zero attached hydrogens (tertiary/aromatic N) is 4. The molecule has 0 radical (unpaired) electrons. The van der Waals surface area contributed by atoms with E-state index in [1.54, 1.807) is 6.07 Å². The fourth-order valence-electron chi connectivity index (χ4n) is 3.59. The Balaban J connectivity index is 1.50. The second-order valence-corrected chi connectivity index (χ2v) is 7.31. The molecule has 0 saturated carbocycles. The fourth-order valence-corrected chi connectivity index (χ4v) is 3.59. The average Bonchev–Trinajstić information content (AvgIpc) is 3.47. The highest BCUT2D eigenvalue weighted by Gasteiger charge is 2.23. The number of carbonyl (C=O) groups is 1. The maximum absolute atomic E-state index is 12.3. The van der Waals surface area contributed by atoms with Gasteiger partial charge >= 0.3 is 0 Å². The van der Waals surface area contributed by atoms with Gasteiger partial charge in [0.25, 0.3) is 5.91 Å². The molecule has 0 unspecified atom stereocenters. The van der Waals surface area contributed by atoms with Gasteiger partial charge in [0.1, 0.15) is 5.52 Å². The summed E-state index contributed by atoms with van der Waals surface area (Å²) in [4.78, 5) is 23.6. The molecule has 10 heteroatoms. The normalized spacial score (nSPS) is 14.0. The maximum atomic E-state index is 12.3. The van der Waals surface area contributed by atoms with Gasteiger partial charge in [0.2, 0.25) is 5.95 Å². The number of nitrogens with one attached hydrogen (secondary N) is 3. The Labute approximate surface area is 184 Å². The molecule has 5 rings (SSSR count). The standard InChI is InChI=1S/C22H23N7O3/c1-2-23-21(30)17-12-16-19(32-17)20(29-8-10-31-11-9-29)26-22(24-16)25-18-13-15(27-28-18)14-6-4-3-5-7-14/h3-7,12-13H,2,8-11H2,1H3,(H,23,30)(H2,24,25,26,27,28). The third kappa shape index (κ3) is 4.00. The van der Waals surface area contributed by atoms with Crippen LogP contribution in [0, 0.1) is 0 Å². The van der Waals surface area contributed by atoms with Crippen LogP contribution >= 0.6 is 0 Å². The zero-order valence-electron chi connectivity index (χ0n) is 17.6. The van der Waals surface area contributed by atoms with Crippen LogP contribution < -0.4 is 15.5 Å². The SMILES string of the molecule is CCNC(=O)c1cc2nc(Nc3cc(-c4ccccc4)[nH]n3)nc(N3CCOCC3)c2o1. The first-order valence-corrected chi connectivity index (χ1v) is 10.5. The largest absolute Gasteiger partial charge is 0.445 e. The van der Waals surface area contributed by atoms with Crippen LogP contribution in [0.1, 0.15) is 17.5 Å². The lowest BCUT2D eigenvalue weighted by atomic mass is 10.2. The molecule has 3 aromatic heterocycles. The summed E-state index contributed by atoms with van der Waals surface area (Å²) in [6, 6.07) is 13.5. The molecule has 1 saturated heterocycles. The van der Waals surface area contributed by atoms with Gasteiger partial charge in [0.05, 0.1) is 18.9 Å². The first kappa shape index (κ1) is 20.0. The molecule has 1 aliphatic heterocycles. The minimum Gasteiger partial charge on any atom is -0.445 e. The number of anilines is 3. The minimum atomic E-state index is -0.284. The monoisotopic (exact) mass is 433 g/mol. The zero-order valence-corrected chi connectivity index (χ0v) is 17.6. The molecule has 4 heterocycles. The summed E-state index contributed by atoms with van der Waals surface area (Å²) in [5, 5.41) is 13.3. The first-order chi connectivity index (χ1) is 15.7. The van der Waals surface area contributed by atoms with E-state index in [9.17, 15) is 4.79 Å². The minimum absolute atomic E-state index is 0.203. The lowest BCUT2D eigenvalue weighted by molar-refractivity contribution is 0.0930. The molecule has 0 aliphatic carbocycles. The van der Waals surface area contributed by atoms with Crippen molar-refractivity contribution in [2.75, 3.05) is 43.1 Å². The maximum Gasteiger partial charge on any atom is 0.287 e. The predicted molar refractivity (Wildman–Crippen MR) is 120 cm³/mol. The smallest absolute Gasteiger partial charge is 0.287 e. The van der Waals surface area contributed by atoms with E-state index in [0.29, 0.717) is 61.5 Å². The molecule has 0 atom stereocenters. The highest BCUT2D eigenvalue weighted by atomic mass is 16.5. The van der Waals surface area contributed by atoms with Gasteiger partial charge in [-0.05, 0) is 12.5 Å². The van der Waals surface area contributed by atoms with E-state index in [-0.39, 0.29) is 11.7 Å². The molecule has 1 amide bonds. The number of furan rings is 1. The topological polar surface area (TPSA) is 121 Å². The molecule has 1 fully saturated rings. The summed E-state index contributed by atoms with van der Waals surface area (Å²) in [5.74, 6) is 1.49. The number of morpholine rings is 1. The number of H-pyrrole nitrogens is 1. The van der Waals surface area contributed by atoms with Gasteiger partial charge in [-0.15, -0.1) is 0 Å². The van der Waals surface area contributed by atoms with Gasteiger partial charge in [-0.2, -0.15) is 10.1 Å². The Kier molecular flexibility index (Phi) is 5.42. The lowest BCUT2D eigenvalue weighted by Crippen LogP contribution is -2.37. The zero-order chi connectivity index (χ0) is 21.9. The second-order valence-electron chi connectivity index (χ2n) is 7.31. The molecule has 1 aromatic carbocycles.